The molecule has 25 nitrogen and oxygen atoms in total. The summed E-state index contributed by atoms with van der Waals surface area (Å²) >= 11 is 0. The largest absolute Gasteiger partial charge is 0.497 e. The van der Waals surface area contributed by atoms with E-state index in [0.29, 0.717) is 56.4 Å². The fourth-order valence-corrected chi connectivity index (χ4v) is 13.0. The van der Waals surface area contributed by atoms with E-state index < -0.39 is 117 Å². The van der Waals surface area contributed by atoms with E-state index >= 15 is 13.3 Å². The Balaban J connectivity index is 0.935. The SMILES string of the molecule is COc1ccc(C(OC[C@H]2O[C@@H](n3cnc4c(=O)[nH]c(NC(=O)C(C)C)nc43)[C@@H](O[PH](=O)O[C@H]3[C@H](F)[C@@H](COC(c4ccccc4)(c4ccc(OC)cc4)c4ccc(OC)cc4)O[C@H]3n3cnc4c(=O)[nH]c(NC(=O)C(C)C)nc43)[C@@H]2F)(c2ccccc2)c2ccc(OC)cc2)cc1. The monoisotopic (exact) mass is 1360 g/mol. The van der Waals surface area contributed by atoms with Gasteiger partial charge in [0.2, 0.25) is 23.7 Å². The number of aromatic nitrogens is 8. The molecule has 2 fully saturated rings. The second kappa shape index (κ2) is 29.0. The molecule has 4 aromatic heterocycles. The third kappa shape index (κ3) is 13.3. The molecule has 2 saturated heterocycles. The van der Waals surface area contributed by atoms with Crippen LogP contribution in [0.3, 0.4) is 0 Å². The van der Waals surface area contributed by atoms with Crippen LogP contribution in [-0.2, 0) is 53.4 Å². The van der Waals surface area contributed by atoms with Crippen molar-refractivity contribution in [3.63, 3.8) is 0 Å². The van der Waals surface area contributed by atoms with Crippen molar-refractivity contribution in [2.45, 2.75) is 88.1 Å². The summed E-state index contributed by atoms with van der Waals surface area (Å²) in [7, 11) is 1.90. The summed E-state index contributed by atoms with van der Waals surface area (Å²) in [6.07, 6.45) is -12.8. The number of nitrogens with zero attached hydrogens (tertiary/aromatic N) is 6. The lowest BCUT2D eigenvalue weighted by Gasteiger charge is -2.37. The number of alkyl halides is 2. The van der Waals surface area contributed by atoms with E-state index in [0.717, 1.165) is 12.7 Å². The molecule has 0 saturated carbocycles. The number of methoxy groups -OCH3 is 4. The Bertz CT molecular complexity index is 4200. The van der Waals surface area contributed by atoms with Crippen molar-refractivity contribution < 1.29 is 69.9 Å². The first-order valence-corrected chi connectivity index (χ1v) is 32.6. The Labute approximate surface area is 560 Å². The lowest BCUT2D eigenvalue weighted by Crippen LogP contribution is -2.39. The first kappa shape index (κ1) is 68.0. The van der Waals surface area contributed by atoms with E-state index in [9.17, 15) is 19.2 Å². The van der Waals surface area contributed by atoms with Crippen molar-refractivity contribution in [1.29, 1.82) is 0 Å². The van der Waals surface area contributed by atoms with Gasteiger partial charge in [-0.2, -0.15) is 9.97 Å². The number of hydrogen-bond acceptors (Lipinski definition) is 19. The van der Waals surface area contributed by atoms with Crippen LogP contribution in [0, 0.1) is 11.8 Å². The maximum atomic E-state index is 18.4. The molecule has 6 heterocycles. The molecule has 0 unspecified atom stereocenters. The summed E-state index contributed by atoms with van der Waals surface area (Å²) in [5, 5.41) is 5.15. The summed E-state index contributed by atoms with van der Waals surface area (Å²) in [6.45, 7) is 5.45. The van der Waals surface area contributed by atoms with E-state index in [1.165, 1.54) is 37.6 Å². The van der Waals surface area contributed by atoms with Crippen LogP contribution < -0.4 is 40.7 Å². The third-order valence-corrected chi connectivity index (χ3v) is 18.1. The topological polar surface area (TPSA) is 295 Å². The van der Waals surface area contributed by atoms with Gasteiger partial charge in [-0.25, -0.2) is 18.7 Å². The van der Waals surface area contributed by atoms with Crippen molar-refractivity contribution in [3.8, 4) is 23.0 Å². The molecule has 98 heavy (non-hydrogen) atoms. The first-order chi connectivity index (χ1) is 47.4. The number of halogens is 2. The van der Waals surface area contributed by atoms with Crippen LogP contribution in [0.1, 0.15) is 73.5 Å². The Kier molecular flexibility index (Phi) is 20.1. The number of anilines is 2. The Morgan fingerprint density at radius 2 is 0.816 bits per heavy atom. The third-order valence-electron chi connectivity index (χ3n) is 17.2. The number of carbonyl (C=O) groups is 2. The summed E-state index contributed by atoms with van der Waals surface area (Å²) < 4.78 is 117. The Hall–Kier alpha value is -9.99. The van der Waals surface area contributed by atoms with Crippen LogP contribution in [-0.4, -0.2) is 129 Å². The number of carbonyl (C=O) groups excluding carboxylic acids is 2. The second-order valence-electron chi connectivity index (χ2n) is 23.8. The zero-order valence-electron chi connectivity index (χ0n) is 54.4. The molecule has 12 rings (SSSR count). The molecule has 2 aliphatic heterocycles. The van der Waals surface area contributed by atoms with Crippen LogP contribution in [0.25, 0.3) is 22.3 Å². The molecule has 28 heteroatoms. The number of hydrogen-bond donors (Lipinski definition) is 4. The van der Waals surface area contributed by atoms with Gasteiger partial charge in [-0.05, 0) is 81.9 Å². The average molecular weight is 1360 g/mol. The molecular weight excluding hydrogens is 1290 g/mol. The van der Waals surface area contributed by atoms with Gasteiger partial charge in [-0.15, -0.1) is 0 Å². The molecule has 4 N–H and O–H groups in total. The highest BCUT2D eigenvalue weighted by Crippen LogP contribution is 2.49. The minimum absolute atomic E-state index is 0.207. The van der Waals surface area contributed by atoms with Crippen LogP contribution in [0.5, 0.6) is 23.0 Å². The predicted molar refractivity (Wildman–Crippen MR) is 356 cm³/mol. The lowest BCUT2D eigenvalue weighted by molar-refractivity contribution is -0.119. The molecular formula is C70H71F2N10O15P. The smallest absolute Gasteiger partial charge is 0.320 e. The minimum atomic E-state index is -4.24. The van der Waals surface area contributed by atoms with E-state index in [4.69, 9.17) is 46.9 Å². The molecule has 0 radical (unpaired) electrons. The number of H-pyrrole nitrogens is 2. The molecule has 510 valence electrons. The summed E-state index contributed by atoms with van der Waals surface area (Å²) in [6, 6.07) is 47.0. The van der Waals surface area contributed by atoms with Gasteiger partial charge >= 0.3 is 8.25 Å². The molecule has 6 aromatic carbocycles. The zero-order chi connectivity index (χ0) is 69.0. The van der Waals surface area contributed by atoms with Gasteiger partial charge in [-0.1, -0.05) is 137 Å². The summed E-state index contributed by atoms with van der Waals surface area (Å²) in [4.78, 5) is 76.1. The quantitative estimate of drug-likeness (QED) is 0.0289. The molecule has 8 atom stereocenters. The molecule has 0 bridgehead atoms. The predicted octanol–water partition coefficient (Wildman–Crippen LogP) is 10.1. The fraction of sp³-hybridized carbons (Fsp3) is 0.314. The Morgan fingerprint density at radius 1 is 0.510 bits per heavy atom. The maximum absolute atomic E-state index is 18.4. The van der Waals surface area contributed by atoms with E-state index in [1.54, 1.807) is 76.2 Å². The van der Waals surface area contributed by atoms with Crippen LogP contribution in [0.4, 0.5) is 20.7 Å². The van der Waals surface area contributed by atoms with E-state index in [1.807, 2.05) is 109 Å². The number of aromatic amines is 2. The molecule has 2 amide bonds. The highest BCUT2D eigenvalue weighted by Gasteiger charge is 2.54. The van der Waals surface area contributed by atoms with Crippen LogP contribution in [0.2, 0.25) is 0 Å². The fourth-order valence-electron chi connectivity index (χ4n) is 12.0. The Morgan fingerprint density at radius 3 is 1.11 bits per heavy atom. The number of imidazole rings is 2. The van der Waals surface area contributed by atoms with Crippen molar-refractivity contribution in [2.75, 3.05) is 52.3 Å². The second-order valence-corrected chi connectivity index (χ2v) is 24.8. The van der Waals surface area contributed by atoms with Gasteiger partial charge in [0.15, 0.2) is 47.1 Å². The summed E-state index contributed by atoms with van der Waals surface area (Å²) in [5.41, 5.74) is -1.87. The average Bonchev–Trinajstić information content (AvgIpc) is 0.807. The van der Waals surface area contributed by atoms with Gasteiger partial charge < -0.3 is 37.9 Å². The number of nitrogens with one attached hydrogen (secondary N) is 4. The number of fused-ring (bicyclic) bond motifs is 2. The number of rotatable bonds is 26. The van der Waals surface area contributed by atoms with Gasteiger partial charge in [-0.3, -0.25) is 62.5 Å². The standard InChI is InChI=1S/C70H71F2N10O15P/c1-39(2)61(83)77-67-75-59-55(63(85)79-67)73-37-81(59)65-57(53(71)51(94-65)35-92-69(41-15-11-9-12-16-41,43-19-27-47(88-5)28-20-43)44-21-29-48(89-6)30-22-44)96-98(87)97-58-54(72)52(95-66(58)82-38-74-56-60(82)76-68(80-64(56)86)78-62(84)40(3)4)36-93-70(42-17-13-10-14-18-42,45-23-31-49(90-7)32-24-45)46-25-33-50(91-8)34-26-46/h9-34,37-40,51-54,57-58,65-66,98H,35-36H2,1-8H3,(H2,75,77,79,83,85)(H2,76,78,80,84,86)/t51-,52-,53-,54-,57+,58+,65-,66-/m1/s1. The highest BCUT2D eigenvalue weighted by atomic mass is 31.1. The van der Waals surface area contributed by atoms with Gasteiger partial charge in [0.05, 0.1) is 54.3 Å². The molecule has 2 aliphatic rings. The van der Waals surface area contributed by atoms with Crippen LogP contribution in [0.15, 0.2) is 180 Å². The maximum Gasteiger partial charge on any atom is 0.320 e. The van der Waals surface area contributed by atoms with Gasteiger partial charge in [0.1, 0.15) is 58.6 Å². The van der Waals surface area contributed by atoms with Crippen molar-refractivity contribution in [2.24, 2.45) is 11.8 Å². The van der Waals surface area contributed by atoms with Crippen molar-refractivity contribution in [3.05, 3.63) is 224 Å². The number of benzene rings is 6. The summed E-state index contributed by atoms with van der Waals surface area (Å²) in [5.74, 6) is -0.427. The van der Waals surface area contributed by atoms with Crippen LogP contribution >= 0.6 is 8.25 Å². The van der Waals surface area contributed by atoms with Gasteiger partial charge in [0, 0.05) is 11.8 Å². The van der Waals surface area contributed by atoms with Crippen molar-refractivity contribution in [1.82, 2.24) is 39.0 Å². The highest BCUT2D eigenvalue weighted by molar-refractivity contribution is 7.33. The number of ether oxygens (including phenoxy) is 8. The zero-order valence-corrected chi connectivity index (χ0v) is 55.4. The molecule has 0 aliphatic carbocycles. The molecule has 10 aromatic rings. The lowest BCUT2D eigenvalue weighted by atomic mass is 9.80. The normalized spacial score (nSPS) is 19.6. The number of amides is 2. The molecule has 0 spiro atoms. The van der Waals surface area contributed by atoms with E-state index in [2.05, 4.69) is 40.5 Å². The minimum Gasteiger partial charge on any atom is -0.497 e. The van der Waals surface area contributed by atoms with Crippen molar-refractivity contribution >= 4 is 54.3 Å². The first-order valence-electron chi connectivity index (χ1n) is 31.4. The van der Waals surface area contributed by atoms with E-state index in [-0.39, 0.29) is 34.2 Å². The van der Waals surface area contributed by atoms with Gasteiger partial charge in [0.25, 0.3) is 11.1 Å².